The van der Waals surface area contributed by atoms with Gasteiger partial charge in [0.05, 0.1) is 11.4 Å². The molecule has 0 fully saturated rings. The Kier molecular flexibility index (Phi) is 6.46. The van der Waals surface area contributed by atoms with Gasteiger partial charge >= 0.3 is 0 Å². The quantitative estimate of drug-likeness (QED) is 0.735. The van der Waals surface area contributed by atoms with Crippen molar-refractivity contribution >= 4 is 38.9 Å². The molecule has 0 spiro atoms. The first-order valence-corrected chi connectivity index (χ1v) is 11.2. The van der Waals surface area contributed by atoms with E-state index in [0.29, 0.717) is 35.1 Å². The number of benzene rings is 2. The number of aryl methyl sites for hydroxylation is 1. The van der Waals surface area contributed by atoms with Crippen LogP contribution < -0.4 is 14.4 Å². The number of nitrogens with zero attached hydrogens (tertiary/aromatic N) is 1. The normalized spacial score (nSPS) is 13.7. The molecule has 0 radical (unpaired) electrons. The third kappa shape index (κ3) is 4.97. The summed E-state index contributed by atoms with van der Waals surface area (Å²) in [7, 11) is -3.36. The van der Waals surface area contributed by atoms with Crippen LogP contribution in [0.2, 0.25) is 5.02 Å². The highest BCUT2D eigenvalue weighted by Gasteiger charge is 2.27. The van der Waals surface area contributed by atoms with Gasteiger partial charge in [-0.05, 0) is 61.2 Å². The molecule has 150 valence electrons. The van der Waals surface area contributed by atoms with Crippen LogP contribution in [0.3, 0.4) is 0 Å². The largest absolute Gasteiger partial charge is 0.484 e. The lowest BCUT2D eigenvalue weighted by molar-refractivity contribution is -0.118. The maximum Gasteiger partial charge on any atom is 0.262 e. The zero-order valence-electron chi connectivity index (χ0n) is 15.7. The van der Waals surface area contributed by atoms with Gasteiger partial charge in [0.25, 0.3) is 5.91 Å². The van der Waals surface area contributed by atoms with Gasteiger partial charge in [-0.2, -0.15) is 0 Å². The van der Waals surface area contributed by atoms with Gasteiger partial charge in [0.2, 0.25) is 10.0 Å². The number of rotatable bonds is 7. The molecule has 2 aromatic rings. The molecule has 0 saturated carbocycles. The molecular formula is C20H23ClN2O4S. The lowest BCUT2D eigenvalue weighted by Gasteiger charge is -2.31. The summed E-state index contributed by atoms with van der Waals surface area (Å²) < 4.78 is 32.1. The number of hydrogen-bond donors (Lipinski definition) is 1. The number of ether oxygens (including phenoxy) is 1. The van der Waals surface area contributed by atoms with E-state index in [2.05, 4.69) is 5.32 Å². The number of anilines is 2. The molecule has 3 rings (SSSR count). The number of amides is 1. The van der Waals surface area contributed by atoms with E-state index in [-0.39, 0.29) is 18.3 Å². The summed E-state index contributed by atoms with van der Waals surface area (Å²) in [6, 6.07) is 12.1. The van der Waals surface area contributed by atoms with Crippen molar-refractivity contribution in [1.82, 2.24) is 0 Å². The molecule has 6 nitrogen and oxygen atoms in total. The van der Waals surface area contributed by atoms with Crippen LogP contribution >= 0.6 is 11.6 Å². The topological polar surface area (TPSA) is 75.7 Å². The molecule has 1 N–H and O–H groups in total. The van der Waals surface area contributed by atoms with Crippen LogP contribution in [0.4, 0.5) is 11.4 Å². The summed E-state index contributed by atoms with van der Waals surface area (Å²) in [5.74, 6) is 0.327. The fourth-order valence-corrected chi connectivity index (χ4v) is 4.89. The second kappa shape index (κ2) is 8.84. The number of halogens is 1. The number of nitrogens with one attached hydrogen (secondary N) is 1. The summed E-state index contributed by atoms with van der Waals surface area (Å²) in [5, 5.41) is 3.36. The molecule has 28 heavy (non-hydrogen) atoms. The summed E-state index contributed by atoms with van der Waals surface area (Å²) in [4.78, 5) is 12.2. The van der Waals surface area contributed by atoms with Gasteiger partial charge in [0.15, 0.2) is 6.61 Å². The number of carbonyl (C=O) groups is 1. The van der Waals surface area contributed by atoms with Gasteiger partial charge < -0.3 is 10.1 Å². The molecule has 1 heterocycles. The molecule has 2 aromatic carbocycles. The van der Waals surface area contributed by atoms with Crippen LogP contribution in [0.5, 0.6) is 5.75 Å². The standard InChI is InChI=1S/C20H23ClN2O4S/c1-2-12-28(25,26)23-11-3-4-15-5-8-17(13-19(15)23)22-20(24)14-27-18-9-6-16(21)7-10-18/h5-10,13H,2-4,11-12,14H2,1H3,(H,22,24). The van der Waals surface area contributed by atoms with Crippen molar-refractivity contribution in [1.29, 1.82) is 0 Å². The average Bonchev–Trinajstić information content (AvgIpc) is 2.67. The van der Waals surface area contributed by atoms with Crippen molar-refractivity contribution in [3.8, 4) is 5.75 Å². The third-order valence-corrected chi connectivity index (χ3v) is 6.65. The van der Waals surface area contributed by atoms with E-state index in [0.717, 1.165) is 18.4 Å². The lowest BCUT2D eigenvalue weighted by Crippen LogP contribution is -2.37. The molecule has 1 aliphatic rings. The minimum absolute atomic E-state index is 0.109. The monoisotopic (exact) mass is 422 g/mol. The second-order valence-electron chi connectivity index (χ2n) is 6.63. The fourth-order valence-electron chi connectivity index (χ4n) is 3.15. The first-order valence-electron chi connectivity index (χ1n) is 9.20. The highest BCUT2D eigenvalue weighted by molar-refractivity contribution is 7.92. The maximum atomic E-state index is 12.6. The molecule has 8 heteroatoms. The van der Waals surface area contributed by atoms with E-state index in [1.807, 2.05) is 13.0 Å². The Morgan fingerprint density at radius 1 is 1.21 bits per heavy atom. The van der Waals surface area contributed by atoms with Crippen LogP contribution in [0.15, 0.2) is 42.5 Å². The Balaban J connectivity index is 1.70. The van der Waals surface area contributed by atoms with Crippen LogP contribution in [0, 0.1) is 0 Å². The average molecular weight is 423 g/mol. The van der Waals surface area contributed by atoms with Crippen LogP contribution in [-0.4, -0.2) is 33.2 Å². The molecule has 0 bridgehead atoms. The summed E-state index contributed by atoms with van der Waals surface area (Å²) in [6.07, 6.45) is 2.17. The molecule has 0 unspecified atom stereocenters. The van der Waals surface area contributed by atoms with E-state index >= 15 is 0 Å². The number of sulfonamides is 1. The molecule has 1 amide bonds. The first-order chi connectivity index (χ1) is 13.4. The van der Waals surface area contributed by atoms with Gasteiger partial charge in [-0.25, -0.2) is 8.42 Å². The van der Waals surface area contributed by atoms with E-state index in [1.165, 1.54) is 4.31 Å². The molecule has 0 aromatic heterocycles. The number of carbonyl (C=O) groups excluding carboxylic acids is 1. The van der Waals surface area contributed by atoms with Gasteiger partial charge in [0.1, 0.15) is 5.75 Å². The van der Waals surface area contributed by atoms with Crippen molar-refractivity contribution in [2.24, 2.45) is 0 Å². The first kappa shape index (κ1) is 20.5. The molecule has 0 aliphatic carbocycles. The van der Waals surface area contributed by atoms with E-state index in [9.17, 15) is 13.2 Å². The SMILES string of the molecule is CCCS(=O)(=O)N1CCCc2ccc(NC(=O)COc3ccc(Cl)cc3)cc21. The molecule has 1 aliphatic heterocycles. The Hall–Kier alpha value is -2.25. The Morgan fingerprint density at radius 2 is 1.96 bits per heavy atom. The maximum absolute atomic E-state index is 12.6. The smallest absolute Gasteiger partial charge is 0.262 e. The van der Waals surface area contributed by atoms with Crippen molar-refractivity contribution in [3.05, 3.63) is 53.1 Å². The minimum atomic E-state index is -3.36. The Bertz CT molecular complexity index is 945. The van der Waals surface area contributed by atoms with Crippen LogP contribution in [0.25, 0.3) is 0 Å². The van der Waals surface area contributed by atoms with Crippen LogP contribution in [0.1, 0.15) is 25.3 Å². The number of hydrogen-bond acceptors (Lipinski definition) is 4. The van der Waals surface area contributed by atoms with Crippen molar-refractivity contribution in [2.45, 2.75) is 26.2 Å². The predicted octanol–water partition coefficient (Wildman–Crippen LogP) is 3.85. The molecule has 0 saturated heterocycles. The highest BCUT2D eigenvalue weighted by atomic mass is 35.5. The lowest BCUT2D eigenvalue weighted by atomic mass is 10.0. The Morgan fingerprint density at radius 3 is 2.68 bits per heavy atom. The predicted molar refractivity (Wildman–Crippen MR) is 112 cm³/mol. The summed E-state index contributed by atoms with van der Waals surface area (Å²) in [5.41, 5.74) is 2.17. The van der Waals surface area contributed by atoms with E-state index in [1.54, 1.807) is 36.4 Å². The summed E-state index contributed by atoms with van der Waals surface area (Å²) >= 11 is 5.82. The zero-order chi connectivity index (χ0) is 20.1. The van der Waals surface area contributed by atoms with Crippen LogP contribution in [-0.2, 0) is 21.2 Å². The summed E-state index contributed by atoms with van der Waals surface area (Å²) in [6.45, 7) is 2.16. The van der Waals surface area contributed by atoms with Crippen molar-refractivity contribution in [3.63, 3.8) is 0 Å². The van der Waals surface area contributed by atoms with Crippen molar-refractivity contribution in [2.75, 3.05) is 28.5 Å². The van der Waals surface area contributed by atoms with Gasteiger partial charge in [0, 0.05) is 17.3 Å². The highest BCUT2D eigenvalue weighted by Crippen LogP contribution is 2.32. The van der Waals surface area contributed by atoms with Gasteiger partial charge in [-0.3, -0.25) is 9.10 Å². The minimum Gasteiger partial charge on any atom is -0.484 e. The third-order valence-electron chi connectivity index (χ3n) is 4.43. The fraction of sp³-hybridized carbons (Fsp3) is 0.350. The van der Waals surface area contributed by atoms with Crippen molar-refractivity contribution < 1.29 is 17.9 Å². The zero-order valence-corrected chi connectivity index (χ0v) is 17.2. The van der Waals surface area contributed by atoms with Gasteiger partial charge in [-0.1, -0.05) is 24.6 Å². The Labute approximate surface area is 170 Å². The molecular weight excluding hydrogens is 400 g/mol. The number of fused-ring (bicyclic) bond motifs is 1. The molecule has 0 atom stereocenters. The van der Waals surface area contributed by atoms with Gasteiger partial charge in [-0.15, -0.1) is 0 Å². The van der Waals surface area contributed by atoms with E-state index < -0.39 is 10.0 Å². The van der Waals surface area contributed by atoms with E-state index in [4.69, 9.17) is 16.3 Å². The second-order valence-corrected chi connectivity index (χ2v) is 9.08.